The van der Waals surface area contributed by atoms with E-state index in [4.69, 9.17) is 0 Å². The van der Waals surface area contributed by atoms with E-state index in [1.54, 1.807) is 18.6 Å². The molecule has 1 saturated heterocycles. The number of hydrogen-bond acceptors (Lipinski definition) is 4. The summed E-state index contributed by atoms with van der Waals surface area (Å²) in [7, 11) is 0. The van der Waals surface area contributed by atoms with E-state index >= 15 is 0 Å². The lowest BCUT2D eigenvalue weighted by atomic mass is 10.4. The van der Waals surface area contributed by atoms with Crippen LogP contribution in [0.3, 0.4) is 0 Å². The first kappa shape index (κ1) is 9.09. The summed E-state index contributed by atoms with van der Waals surface area (Å²) in [6, 6.07) is 0. The highest BCUT2D eigenvalue weighted by molar-refractivity contribution is 8.23. The Labute approximate surface area is 86.2 Å². The summed E-state index contributed by atoms with van der Waals surface area (Å²) in [6.07, 6.45) is 8.64. The third-order valence-corrected chi connectivity index (χ3v) is 4.12. The van der Waals surface area contributed by atoms with Crippen LogP contribution >= 0.6 is 23.5 Å². The van der Waals surface area contributed by atoms with Crippen molar-refractivity contribution in [1.29, 1.82) is 0 Å². The van der Waals surface area contributed by atoms with Crippen molar-refractivity contribution >= 4 is 29.6 Å². The van der Waals surface area contributed by atoms with Gasteiger partial charge in [0.15, 0.2) is 0 Å². The molecule has 13 heavy (non-hydrogen) atoms. The van der Waals surface area contributed by atoms with Crippen molar-refractivity contribution in [2.45, 2.75) is 6.42 Å². The summed E-state index contributed by atoms with van der Waals surface area (Å²) < 4.78 is 1.37. The van der Waals surface area contributed by atoms with Gasteiger partial charge in [0, 0.05) is 16.6 Å². The highest BCUT2D eigenvalue weighted by Crippen LogP contribution is 2.35. The van der Waals surface area contributed by atoms with Crippen LogP contribution in [0.2, 0.25) is 0 Å². The molecule has 2 heterocycles. The van der Waals surface area contributed by atoms with E-state index in [0.29, 0.717) is 0 Å². The molecular weight excluding hydrogens is 200 g/mol. The van der Waals surface area contributed by atoms with E-state index < -0.39 is 0 Å². The van der Waals surface area contributed by atoms with Crippen molar-refractivity contribution in [2.24, 2.45) is 0 Å². The lowest BCUT2D eigenvalue weighted by Crippen LogP contribution is -1.92. The van der Waals surface area contributed by atoms with Crippen molar-refractivity contribution < 1.29 is 0 Å². The first-order valence-corrected chi connectivity index (χ1v) is 6.15. The molecule has 0 amide bonds. The van der Waals surface area contributed by atoms with Gasteiger partial charge in [-0.2, -0.15) is 0 Å². The van der Waals surface area contributed by atoms with E-state index in [-0.39, 0.29) is 0 Å². The minimum atomic E-state index is 0.958. The maximum atomic E-state index is 4.21. The third-order valence-electron chi connectivity index (χ3n) is 1.63. The molecule has 0 aromatic carbocycles. The molecule has 0 saturated carbocycles. The summed E-state index contributed by atoms with van der Waals surface area (Å²) in [6.45, 7) is 0. The molecule has 1 aromatic heterocycles. The molecule has 0 radical (unpaired) electrons. The minimum absolute atomic E-state index is 0.958. The average Bonchev–Trinajstić information content (AvgIpc) is 2.21. The van der Waals surface area contributed by atoms with Gasteiger partial charge in [-0.15, -0.1) is 23.5 Å². The molecule has 2 rings (SSSR count). The Morgan fingerprint density at radius 3 is 2.77 bits per heavy atom. The quantitative estimate of drug-likeness (QED) is 0.711. The van der Waals surface area contributed by atoms with Crippen LogP contribution in [-0.2, 0) is 0 Å². The zero-order valence-corrected chi connectivity index (χ0v) is 8.77. The summed E-state index contributed by atoms with van der Waals surface area (Å²) in [5, 5.41) is 0. The fourth-order valence-corrected chi connectivity index (χ4v) is 3.44. The second-order valence-electron chi connectivity index (χ2n) is 2.64. The second kappa shape index (κ2) is 4.67. The first-order valence-electron chi connectivity index (χ1n) is 4.18. The highest BCUT2D eigenvalue weighted by atomic mass is 32.2. The molecular formula is C9H10N2S2. The Kier molecular flexibility index (Phi) is 3.27. The molecule has 0 N–H and O–H groups in total. The molecule has 1 fully saturated rings. The molecule has 1 aliphatic heterocycles. The van der Waals surface area contributed by atoms with Crippen LogP contribution in [0.5, 0.6) is 0 Å². The fourth-order valence-electron chi connectivity index (χ4n) is 1.04. The van der Waals surface area contributed by atoms with Gasteiger partial charge in [0.2, 0.25) is 0 Å². The van der Waals surface area contributed by atoms with Crippen molar-refractivity contribution in [1.82, 2.24) is 9.97 Å². The molecule has 0 bridgehead atoms. The van der Waals surface area contributed by atoms with E-state index in [1.807, 2.05) is 23.5 Å². The number of aromatic nitrogens is 2. The van der Waals surface area contributed by atoms with Gasteiger partial charge in [0.1, 0.15) is 0 Å². The third kappa shape index (κ3) is 2.74. The zero-order chi connectivity index (χ0) is 8.93. The van der Waals surface area contributed by atoms with Crippen LogP contribution in [0.1, 0.15) is 12.1 Å². The van der Waals surface area contributed by atoms with Gasteiger partial charge in [-0.05, 0) is 24.0 Å². The Hall–Kier alpha value is -0.480. The predicted octanol–water partition coefficient (Wildman–Crippen LogP) is 2.65. The molecule has 68 valence electrons. The Bertz CT molecular complexity index is 290. The van der Waals surface area contributed by atoms with E-state index in [2.05, 4.69) is 16.0 Å². The molecule has 0 atom stereocenters. The molecule has 0 unspecified atom stereocenters. The Morgan fingerprint density at radius 2 is 2.08 bits per heavy atom. The SMILES string of the molecule is C(=C1SCCCS1)c1cnccn1. The van der Waals surface area contributed by atoms with Crippen LogP contribution in [-0.4, -0.2) is 21.5 Å². The first-order chi connectivity index (χ1) is 6.45. The normalized spacial score (nSPS) is 17.1. The van der Waals surface area contributed by atoms with Gasteiger partial charge in [-0.3, -0.25) is 9.97 Å². The lowest BCUT2D eigenvalue weighted by Gasteiger charge is -2.11. The Balaban J connectivity index is 2.10. The minimum Gasteiger partial charge on any atom is -0.261 e. The monoisotopic (exact) mass is 210 g/mol. The van der Waals surface area contributed by atoms with E-state index in [0.717, 1.165) is 5.69 Å². The second-order valence-corrected chi connectivity index (χ2v) is 5.18. The largest absolute Gasteiger partial charge is 0.261 e. The average molecular weight is 210 g/mol. The van der Waals surface area contributed by atoms with E-state index in [1.165, 1.54) is 22.2 Å². The summed E-state index contributed by atoms with van der Waals surface area (Å²) in [5.74, 6) is 2.47. The fraction of sp³-hybridized carbons (Fsp3) is 0.333. The molecule has 4 heteroatoms. The standard InChI is InChI=1S/C9H10N2S2/c1-4-12-9(13-5-1)6-8-7-10-2-3-11-8/h2-3,6-7H,1,4-5H2. The number of hydrogen-bond donors (Lipinski definition) is 0. The molecule has 0 aliphatic carbocycles. The van der Waals surface area contributed by atoms with Crippen LogP contribution < -0.4 is 0 Å². The maximum absolute atomic E-state index is 4.21. The van der Waals surface area contributed by atoms with Gasteiger partial charge >= 0.3 is 0 Å². The van der Waals surface area contributed by atoms with Crippen LogP contribution in [0.25, 0.3) is 6.08 Å². The van der Waals surface area contributed by atoms with E-state index in [9.17, 15) is 0 Å². The lowest BCUT2D eigenvalue weighted by molar-refractivity contribution is 1.12. The molecule has 1 aromatic rings. The number of rotatable bonds is 1. The van der Waals surface area contributed by atoms with Crippen LogP contribution in [0.15, 0.2) is 22.8 Å². The maximum Gasteiger partial charge on any atom is 0.0829 e. The van der Waals surface area contributed by atoms with Gasteiger partial charge in [-0.25, -0.2) is 0 Å². The summed E-state index contributed by atoms with van der Waals surface area (Å²) >= 11 is 3.83. The topological polar surface area (TPSA) is 25.8 Å². The molecule has 2 nitrogen and oxygen atoms in total. The Morgan fingerprint density at radius 1 is 1.23 bits per heavy atom. The summed E-state index contributed by atoms with van der Waals surface area (Å²) in [5.41, 5.74) is 0.958. The van der Waals surface area contributed by atoms with Gasteiger partial charge < -0.3 is 0 Å². The number of nitrogens with zero attached hydrogens (tertiary/aromatic N) is 2. The van der Waals surface area contributed by atoms with Gasteiger partial charge in [-0.1, -0.05) is 0 Å². The number of thioether (sulfide) groups is 2. The van der Waals surface area contributed by atoms with Crippen molar-refractivity contribution in [3.8, 4) is 0 Å². The smallest absolute Gasteiger partial charge is 0.0829 e. The van der Waals surface area contributed by atoms with Crippen molar-refractivity contribution in [3.05, 3.63) is 28.5 Å². The van der Waals surface area contributed by atoms with Gasteiger partial charge in [0.05, 0.1) is 11.9 Å². The van der Waals surface area contributed by atoms with Crippen molar-refractivity contribution in [3.63, 3.8) is 0 Å². The van der Waals surface area contributed by atoms with Crippen LogP contribution in [0, 0.1) is 0 Å². The predicted molar refractivity (Wildman–Crippen MR) is 59.5 cm³/mol. The molecule has 0 spiro atoms. The summed E-state index contributed by atoms with van der Waals surface area (Å²) in [4.78, 5) is 8.23. The van der Waals surface area contributed by atoms with Gasteiger partial charge in [0.25, 0.3) is 0 Å². The molecule has 1 aliphatic rings. The zero-order valence-electron chi connectivity index (χ0n) is 7.14. The highest BCUT2D eigenvalue weighted by Gasteiger charge is 2.06. The van der Waals surface area contributed by atoms with Crippen LogP contribution in [0.4, 0.5) is 0 Å². The van der Waals surface area contributed by atoms with Crippen molar-refractivity contribution in [2.75, 3.05) is 11.5 Å².